The first-order valence-corrected chi connectivity index (χ1v) is 12.6. The van der Waals surface area contributed by atoms with Crippen LogP contribution in [-0.4, -0.2) is 68.0 Å². The number of aliphatic carboxylic acids is 1. The van der Waals surface area contributed by atoms with E-state index in [0.29, 0.717) is 17.7 Å². The summed E-state index contributed by atoms with van der Waals surface area (Å²) >= 11 is 0. The lowest BCUT2D eigenvalue weighted by atomic mass is 9.97. The Bertz CT molecular complexity index is 1070. The molecule has 8 N–H and O–H groups in total. The quantitative estimate of drug-likeness (QED) is 0.183. The number of phenols is 1. The van der Waals surface area contributed by atoms with Crippen LogP contribution in [0.2, 0.25) is 0 Å². The van der Waals surface area contributed by atoms with E-state index < -0.39 is 47.9 Å². The van der Waals surface area contributed by atoms with E-state index in [1.807, 2.05) is 13.8 Å². The second-order valence-electron chi connectivity index (χ2n) is 9.75. The molecule has 2 aromatic rings. The van der Waals surface area contributed by atoms with Crippen LogP contribution in [0.5, 0.6) is 5.75 Å². The molecule has 0 radical (unpaired) electrons. The number of rotatable bonds is 14. The van der Waals surface area contributed by atoms with Crippen molar-refractivity contribution >= 4 is 23.7 Å². The van der Waals surface area contributed by atoms with Crippen LogP contribution in [0.4, 0.5) is 0 Å². The molecule has 5 unspecified atom stereocenters. The van der Waals surface area contributed by atoms with Crippen molar-refractivity contribution in [2.45, 2.75) is 71.1 Å². The summed E-state index contributed by atoms with van der Waals surface area (Å²) in [6.45, 7) is 7.25. The van der Waals surface area contributed by atoms with E-state index >= 15 is 0 Å². The van der Waals surface area contributed by atoms with Gasteiger partial charge in [0.15, 0.2) is 0 Å². The maximum Gasteiger partial charge on any atom is 0.326 e. The van der Waals surface area contributed by atoms with Gasteiger partial charge in [-0.25, -0.2) is 9.78 Å². The van der Waals surface area contributed by atoms with Crippen molar-refractivity contribution in [1.29, 1.82) is 0 Å². The molecule has 0 saturated heterocycles. The minimum atomic E-state index is -1.28. The number of carboxylic acid groups (broad SMARTS) is 1. The van der Waals surface area contributed by atoms with Gasteiger partial charge in [0.2, 0.25) is 17.7 Å². The van der Waals surface area contributed by atoms with Crippen LogP contribution in [-0.2, 0) is 32.0 Å². The second-order valence-corrected chi connectivity index (χ2v) is 9.75. The number of benzene rings is 1. The maximum absolute atomic E-state index is 13.3. The van der Waals surface area contributed by atoms with Crippen LogP contribution in [0.25, 0.3) is 0 Å². The number of nitrogens with two attached hydrogens (primary N) is 1. The number of phenolic OH excluding ortho intramolecular Hbond substituents is 1. The van der Waals surface area contributed by atoms with Crippen LogP contribution < -0.4 is 21.7 Å². The highest BCUT2D eigenvalue weighted by atomic mass is 16.4. The number of aromatic hydroxyl groups is 1. The van der Waals surface area contributed by atoms with Crippen LogP contribution in [0.1, 0.15) is 45.4 Å². The average molecular weight is 531 g/mol. The molecule has 38 heavy (non-hydrogen) atoms. The molecule has 0 aliphatic rings. The van der Waals surface area contributed by atoms with Gasteiger partial charge >= 0.3 is 5.97 Å². The second kappa shape index (κ2) is 14.1. The normalized spacial score (nSPS) is 15.1. The Balaban J connectivity index is 2.24. The first kappa shape index (κ1) is 30.3. The van der Waals surface area contributed by atoms with Crippen molar-refractivity contribution in [1.82, 2.24) is 25.9 Å². The third-order valence-electron chi connectivity index (χ3n) is 6.41. The largest absolute Gasteiger partial charge is 0.508 e. The fourth-order valence-electron chi connectivity index (χ4n) is 3.72. The highest BCUT2D eigenvalue weighted by Gasteiger charge is 2.32. The molecule has 12 heteroatoms. The molecule has 208 valence electrons. The van der Waals surface area contributed by atoms with Crippen molar-refractivity contribution in [2.75, 3.05) is 0 Å². The van der Waals surface area contributed by atoms with E-state index in [-0.39, 0.29) is 30.4 Å². The molecule has 0 fully saturated rings. The van der Waals surface area contributed by atoms with Gasteiger partial charge in [0.05, 0.1) is 12.4 Å². The number of carboxylic acids is 1. The Kier molecular flexibility index (Phi) is 11.3. The molecule has 0 bridgehead atoms. The summed E-state index contributed by atoms with van der Waals surface area (Å²) in [6, 6.07) is 1.84. The Morgan fingerprint density at radius 2 is 1.58 bits per heavy atom. The van der Waals surface area contributed by atoms with Gasteiger partial charge in [-0.05, 0) is 29.5 Å². The van der Waals surface area contributed by atoms with E-state index in [1.54, 1.807) is 26.0 Å². The summed E-state index contributed by atoms with van der Waals surface area (Å²) in [6.07, 6.45) is 3.51. The molecule has 12 nitrogen and oxygen atoms in total. The van der Waals surface area contributed by atoms with E-state index in [2.05, 4.69) is 25.9 Å². The SMILES string of the molecule is CCC(C)C(N)C(=O)NC(C(=O)NC(Cc1ccc(O)cc1)C(=O)NC(Cc1cnc[nH]1)C(=O)O)C(C)C. The summed E-state index contributed by atoms with van der Waals surface area (Å²) in [5.74, 6) is -3.45. The summed E-state index contributed by atoms with van der Waals surface area (Å²) in [5.41, 5.74) is 7.16. The maximum atomic E-state index is 13.3. The fourth-order valence-corrected chi connectivity index (χ4v) is 3.72. The van der Waals surface area contributed by atoms with Gasteiger partial charge in [-0.2, -0.15) is 0 Å². The number of imidazole rings is 1. The summed E-state index contributed by atoms with van der Waals surface area (Å²) in [4.78, 5) is 57.8. The van der Waals surface area contributed by atoms with E-state index in [0.717, 1.165) is 0 Å². The van der Waals surface area contributed by atoms with Crippen molar-refractivity contribution in [2.24, 2.45) is 17.6 Å². The molecule has 0 saturated carbocycles. The Labute approximate surface area is 221 Å². The van der Waals surface area contributed by atoms with Crippen LogP contribution in [0, 0.1) is 11.8 Å². The molecule has 1 heterocycles. The third-order valence-corrected chi connectivity index (χ3v) is 6.41. The zero-order valence-electron chi connectivity index (χ0n) is 22.1. The average Bonchev–Trinajstić information content (AvgIpc) is 3.39. The van der Waals surface area contributed by atoms with Gasteiger partial charge in [-0.3, -0.25) is 14.4 Å². The van der Waals surface area contributed by atoms with Crippen molar-refractivity contribution in [3.8, 4) is 5.75 Å². The van der Waals surface area contributed by atoms with Gasteiger partial charge in [0, 0.05) is 24.7 Å². The third kappa shape index (κ3) is 8.87. The van der Waals surface area contributed by atoms with Gasteiger partial charge < -0.3 is 36.9 Å². The van der Waals surface area contributed by atoms with E-state index in [1.165, 1.54) is 24.7 Å². The van der Waals surface area contributed by atoms with Gasteiger partial charge in [-0.15, -0.1) is 0 Å². The lowest BCUT2D eigenvalue weighted by Crippen LogP contribution is -2.59. The number of nitrogens with one attached hydrogen (secondary N) is 4. The lowest BCUT2D eigenvalue weighted by Gasteiger charge is -2.28. The topological polar surface area (TPSA) is 200 Å². The molecular weight excluding hydrogens is 492 g/mol. The van der Waals surface area contributed by atoms with Gasteiger partial charge in [0.25, 0.3) is 0 Å². The minimum Gasteiger partial charge on any atom is -0.508 e. The molecule has 3 amide bonds. The molecule has 5 atom stereocenters. The monoisotopic (exact) mass is 530 g/mol. The molecule has 1 aromatic heterocycles. The molecule has 2 rings (SSSR count). The highest BCUT2D eigenvalue weighted by Crippen LogP contribution is 2.13. The van der Waals surface area contributed by atoms with E-state index in [4.69, 9.17) is 5.73 Å². The van der Waals surface area contributed by atoms with Crippen molar-refractivity contribution < 1.29 is 29.4 Å². The van der Waals surface area contributed by atoms with Gasteiger partial charge in [-0.1, -0.05) is 46.2 Å². The predicted molar refractivity (Wildman–Crippen MR) is 140 cm³/mol. The number of amides is 3. The Morgan fingerprint density at radius 3 is 2.11 bits per heavy atom. The zero-order valence-corrected chi connectivity index (χ0v) is 22.1. The van der Waals surface area contributed by atoms with E-state index in [9.17, 15) is 29.4 Å². The van der Waals surface area contributed by atoms with Crippen molar-refractivity contribution in [3.05, 3.63) is 48.0 Å². The molecule has 1 aromatic carbocycles. The number of carbonyl (C=O) groups excluding carboxylic acids is 3. The number of hydrogen-bond donors (Lipinski definition) is 7. The van der Waals surface area contributed by atoms with Crippen LogP contribution >= 0.6 is 0 Å². The molecule has 0 aliphatic heterocycles. The number of H-pyrrole nitrogens is 1. The first-order chi connectivity index (χ1) is 17.9. The Hall–Kier alpha value is -3.93. The van der Waals surface area contributed by atoms with Gasteiger partial charge in [0.1, 0.15) is 23.9 Å². The van der Waals surface area contributed by atoms with Crippen LogP contribution in [0.15, 0.2) is 36.8 Å². The Morgan fingerprint density at radius 1 is 0.947 bits per heavy atom. The molecular formula is C26H38N6O6. The number of carbonyl (C=O) groups is 4. The standard InChI is InChI=1S/C26H38N6O6/c1-5-15(4)21(27)24(35)32-22(14(2)3)25(36)30-19(10-16-6-8-18(33)9-7-16)23(34)31-20(26(37)38)11-17-12-28-13-29-17/h6-9,12-15,19-22,33H,5,10-11,27H2,1-4H3,(H,28,29)(H,30,36)(H,31,34)(H,32,35)(H,37,38). The smallest absolute Gasteiger partial charge is 0.326 e. The summed E-state index contributed by atoms with van der Waals surface area (Å²) in [5, 5.41) is 27.1. The van der Waals surface area contributed by atoms with Crippen molar-refractivity contribution in [3.63, 3.8) is 0 Å². The zero-order chi connectivity index (χ0) is 28.4. The lowest BCUT2D eigenvalue weighted by molar-refractivity contribution is -0.142. The number of nitrogens with zero attached hydrogens (tertiary/aromatic N) is 1. The number of aromatic amines is 1. The summed E-state index contributed by atoms with van der Waals surface area (Å²) in [7, 11) is 0. The summed E-state index contributed by atoms with van der Waals surface area (Å²) < 4.78 is 0. The fraction of sp³-hybridized carbons (Fsp3) is 0.500. The number of hydrogen-bond acceptors (Lipinski definition) is 7. The molecule has 0 spiro atoms. The number of aromatic nitrogens is 2. The predicted octanol–water partition coefficient (Wildman–Crippen LogP) is 0.469. The van der Waals surface area contributed by atoms with Crippen LogP contribution in [0.3, 0.4) is 0 Å². The first-order valence-electron chi connectivity index (χ1n) is 12.6. The highest BCUT2D eigenvalue weighted by molar-refractivity contribution is 5.94. The molecule has 0 aliphatic carbocycles. The minimum absolute atomic E-state index is 0.0133.